The second-order valence-corrected chi connectivity index (χ2v) is 6.13. The van der Waals surface area contributed by atoms with Crippen LogP contribution in [-0.2, 0) is 19.3 Å². The van der Waals surface area contributed by atoms with E-state index in [1.807, 2.05) is 12.1 Å². The first-order valence-corrected chi connectivity index (χ1v) is 7.86. The highest BCUT2D eigenvalue weighted by Crippen LogP contribution is 2.28. The van der Waals surface area contributed by atoms with Crippen LogP contribution in [0, 0.1) is 0 Å². The Morgan fingerprint density at radius 2 is 1.48 bits per heavy atom. The van der Waals surface area contributed by atoms with Gasteiger partial charge in [0.05, 0.1) is 11.8 Å². The molecule has 2 N–H and O–H groups in total. The van der Waals surface area contributed by atoms with Crippen LogP contribution in [0.2, 0.25) is 0 Å². The van der Waals surface area contributed by atoms with Crippen LogP contribution in [0.5, 0.6) is 0 Å². The van der Waals surface area contributed by atoms with E-state index < -0.39 is 11.7 Å². The second kappa shape index (κ2) is 6.76. The molecule has 2 heterocycles. The molecule has 1 saturated heterocycles. The number of quaternary nitrogens is 2. The average molecular weight is 326 g/mol. The van der Waals surface area contributed by atoms with Crippen molar-refractivity contribution in [2.75, 3.05) is 26.2 Å². The summed E-state index contributed by atoms with van der Waals surface area (Å²) in [6.45, 7) is 5.84. The molecule has 1 aromatic carbocycles. The zero-order valence-electron chi connectivity index (χ0n) is 12.8. The van der Waals surface area contributed by atoms with Gasteiger partial charge in [-0.3, -0.25) is 0 Å². The topological polar surface area (TPSA) is 22.0 Å². The summed E-state index contributed by atoms with van der Waals surface area (Å²) < 4.78 is 43.1. The molecule has 1 aliphatic rings. The van der Waals surface area contributed by atoms with Crippen molar-refractivity contribution >= 4 is 0 Å². The molecular weight excluding hydrogens is 305 g/mol. The Morgan fingerprint density at radius 1 is 0.870 bits per heavy atom. The highest BCUT2D eigenvalue weighted by atomic mass is 19.4. The summed E-state index contributed by atoms with van der Waals surface area (Å²) in [6, 6.07) is 9.44. The Bertz CT molecular complexity index is 600. The van der Waals surface area contributed by atoms with E-state index in [4.69, 9.17) is 4.42 Å². The lowest BCUT2D eigenvalue weighted by atomic mass is 10.1. The number of benzene rings is 1. The second-order valence-electron chi connectivity index (χ2n) is 6.13. The van der Waals surface area contributed by atoms with Crippen LogP contribution in [0.25, 0.3) is 0 Å². The molecule has 0 atom stereocenters. The maximum absolute atomic E-state index is 12.6. The van der Waals surface area contributed by atoms with Gasteiger partial charge in [-0.2, -0.15) is 13.2 Å². The summed E-state index contributed by atoms with van der Waals surface area (Å²) in [5, 5.41) is 0. The minimum absolute atomic E-state index is 0.580. The summed E-state index contributed by atoms with van der Waals surface area (Å²) >= 11 is 0. The van der Waals surface area contributed by atoms with Crippen molar-refractivity contribution in [1.29, 1.82) is 0 Å². The Balaban J connectivity index is 1.48. The minimum atomic E-state index is -4.26. The van der Waals surface area contributed by atoms with Crippen LogP contribution in [-0.4, -0.2) is 26.2 Å². The van der Waals surface area contributed by atoms with E-state index in [1.54, 1.807) is 18.4 Å². The SMILES string of the molecule is FC(F)(F)c1ccc(C[NH+]2CC[NH+](Cc3ccco3)CC2)cc1. The fourth-order valence-electron chi connectivity index (χ4n) is 3.07. The van der Waals surface area contributed by atoms with Gasteiger partial charge in [-0.05, 0) is 24.3 Å². The first-order valence-electron chi connectivity index (χ1n) is 7.86. The third kappa shape index (κ3) is 4.36. The zero-order chi connectivity index (χ0) is 16.3. The number of piperazine rings is 1. The molecular formula is C17H21F3N2O+2. The number of hydrogen-bond acceptors (Lipinski definition) is 1. The molecule has 0 unspecified atom stereocenters. The van der Waals surface area contributed by atoms with Gasteiger partial charge in [0.2, 0.25) is 0 Å². The molecule has 3 rings (SSSR count). The monoisotopic (exact) mass is 326 g/mol. The van der Waals surface area contributed by atoms with E-state index in [9.17, 15) is 13.2 Å². The lowest BCUT2D eigenvalue weighted by Gasteiger charge is -2.29. The van der Waals surface area contributed by atoms with Gasteiger partial charge >= 0.3 is 6.18 Å². The molecule has 1 aromatic heterocycles. The third-order valence-corrected chi connectivity index (χ3v) is 4.40. The highest BCUT2D eigenvalue weighted by Gasteiger charge is 2.30. The van der Waals surface area contributed by atoms with Gasteiger partial charge in [0, 0.05) is 5.56 Å². The van der Waals surface area contributed by atoms with Crippen LogP contribution >= 0.6 is 0 Å². The number of nitrogens with one attached hydrogen (secondary N) is 2. The van der Waals surface area contributed by atoms with E-state index in [0.29, 0.717) is 0 Å². The number of halogens is 3. The largest absolute Gasteiger partial charge is 0.463 e. The molecule has 0 bridgehead atoms. The Hall–Kier alpha value is -1.79. The maximum atomic E-state index is 12.6. The molecule has 0 amide bonds. The van der Waals surface area contributed by atoms with Gasteiger partial charge < -0.3 is 14.2 Å². The van der Waals surface area contributed by atoms with Crippen LogP contribution in [0.3, 0.4) is 0 Å². The van der Waals surface area contributed by atoms with Crippen LogP contribution in [0.1, 0.15) is 16.9 Å². The van der Waals surface area contributed by atoms with Crippen molar-refractivity contribution < 1.29 is 27.4 Å². The normalized spacial score (nSPS) is 22.2. The molecule has 124 valence electrons. The van der Waals surface area contributed by atoms with Gasteiger partial charge in [0.15, 0.2) is 5.76 Å². The van der Waals surface area contributed by atoms with Crippen molar-refractivity contribution in [3.8, 4) is 0 Å². The first-order chi connectivity index (χ1) is 11.0. The van der Waals surface area contributed by atoms with Crippen molar-refractivity contribution in [2.45, 2.75) is 19.3 Å². The Kier molecular flexibility index (Phi) is 4.73. The van der Waals surface area contributed by atoms with Gasteiger partial charge in [0.25, 0.3) is 0 Å². The average Bonchev–Trinajstić information content (AvgIpc) is 3.02. The van der Waals surface area contributed by atoms with Gasteiger partial charge in [-0.1, -0.05) is 12.1 Å². The molecule has 0 aliphatic carbocycles. The van der Waals surface area contributed by atoms with Crippen LogP contribution < -0.4 is 9.80 Å². The summed E-state index contributed by atoms with van der Waals surface area (Å²) in [6.07, 6.45) is -2.56. The fourth-order valence-corrected chi connectivity index (χ4v) is 3.07. The predicted molar refractivity (Wildman–Crippen MR) is 79.0 cm³/mol. The van der Waals surface area contributed by atoms with Crippen molar-refractivity contribution in [1.82, 2.24) is 0 Å². The molecule has 0 spiro atoms. The molecule has 0 radical (unpaired) electrons. The van der Waals surface area contributed by atoms with E-state index >= 15 is 0 Å². The standard InChI is InChI=1S/C17H19F3N2O/c18-17(19,20)15-5-3-14(4-6-15)12-21-7-9-22(10-8-21)13-16-2-1-11-23-16/h1-6,11H,7-10,12-13H2/p+2. The lowest BCUT2D eigenvalue weighted by Crippen LogP contribution is -3.27. The smallest absolute Gasteiger partial charge is 0.416 e. The summed E-state index contributed by atoms with van der Waals surface area (Å²) in [5.74, 6) is 1.01. The van der Waals surface area contributed by atoms with E-state index in [0.717, 1.165) is 50.6 Å². The minimum Gasteiger partial charge on any atom is -0.463 e. The van der Waals surface area contributed by atoms with Crippen molar-refractivity contribution in [3.05, 3.63) is 59.5 Å². The zero-order valence-corrected chi connectivity index (χ0v) is 12.8. The Labute approximate surface area is 133 Å². The number of rotatable bonds is 4. The lowest BCUT2D eigenvalue weighted by molar-refractivity contribution is -1.02. The van der Waals surface area contributed by atoms with Crippen molar-refractivity contribution in [2.24, 2.45) is 0 Å². The quantitative estimate of drug-likeness (QED) is 0.852. The maximum Gasteiger partial charge on any atom is 0.416 e. The Morgan fingerprint density at radius 3 is 2.00 bits per heavy atom. The molecule has 1 fully saturated rings. The molecule has 2 aromatic rings. The predicted octanol–water partition coefficient (Wildman–Crippen LogP) is 0.782. The third-order valence-electron chi connectivity index (χ3n) is 4.40. The summed E-state index contributed by atoms with van der Waals surface area (Å²) in [4.78, 5) is 2.92. The van der Waals surface area contributed by atoms with Gasteiger partial charge in [-0.25, -0.2) is 0 Å². The first kappa shape index (κ1) is 16.1. The van der Waals surface area contributed by atoms with Crippen LogP contribution in [0.4, 0.5) is 13.2 Å². The fraction of sp³-hybridized carbons (Fsp3) is 0.412. The summed E-state index contributed by atoms with van der Waals surface area (Å²) in [7, 11) is 0. The number of alkyl halides is 3. The molecule has 6 heteroatoms. The van der Waals surface area contributed by atoms with E-state index in [-0.39, 0.29) is 0 Å². The molecule has 3 nitrogen and oxygen atoms in total. The van der Waals surface area contributed by atoms with Crippen LogP contribution in [0.15, 0.2) is 47.1 Å². The molecule has 23 heavy (non-hydrogen) atoms. The summed E-state index contributed by atoms with van der Waals surface area (Å²) in [5.41, 5.74) is 0.381. The van der Waals surface area contributed by atoms with E-state index in [2.05, 4.69) is 0 Å². The van der Waals surface area contributed by atoms with Crippen molar-refractivity contribution in [3.63, 3.8) is 0 Å². The number of furan rings is 1. The van der Waals surface area contributed by atoms with E-state index in [1.165, 1.54) is 21.9 Å². The van der Waals surface area contributed by atoms with Gasteiger partial charge in [0.1, 0.15) is 39.3 Å². The highest BCUT2D eigenvalue weighted by molar-refractivity contribution is 5.23. The number of hydrogen-bond donors (Lipinski definition) is 2. The molecule has 1 aliphatic heterocycles. The molecule has 0 saturated carbocycles. The van der Waals surface area contributed by atoms with Gasteiger partial charge in [-0.15, -0.1) is 0 Å².